The van der Waals surface area contributed by atoms with Gasteiger partial charge in [0.15, 0.2) is 6.10 Å². The number of rotatable bonds is 12. The highest BCUT2D eigenvalue weighted by molar-refractivity contribution is 5.75. The smallest absolute Gasteiger partial charge is 0.335 e. The van der Waals surface area contributed by atoms with Crippen LogP contribution in [0.1, 0.15) is 56.7 Å². The molecule has 1 aliphatic heterocycles. The summed E-state index contributed by atoms with van der Waals surface area (Å²) in [6.45, 7) is 12.6. The number of benzene rings is 2. The molecule has 5 heteroatoms. The molecule has 0 saturated carbocycles. The van der Waals surface area contributed by atoms with Crippen molar-refractivity contribution in [2.24, 2.45) is 0 Å². The van der Waals surface area contributed by atoms with E-state index in [1.54, 1.807) is 6.92 Å². The van der Waals surface area contributed by atoms with Crippen LogP contribution in [0.25, 0.3) is 5.57 Å². The topological polar surface area (TPSA) is 48.0 Å². The van der Waals surface area contributed by atoms with Gasteiger partial charge in [-0.05, 0) is 60.6 Å². The lowest BCUT2D eigenvalue weighted by Crippen LogP contribution is -2.32. The van der Waals surface area contributed by atoms with E-state index in [2.05, 4.69) is 49.1 Å². The summed E-state index contributed by atoms with van der Waals surface area (Å²) in [4.78, 5) is 14.5. The van der Waals surface area contributed by atoms with Gasteiger partial charge < -0.3 is 14.2 Å². The number of hydrogen-bond acceptors (Lipinski definition) is 5. The second kappa shape index (κ2) is 13.3. The van der Waals surface area contributed by atoms with Gasteiger partial charge in [0.1, 0.15) is 12.4 Å². The molecule has 1 atom stereocenters. The minimum Gasteiger partial charge on any atom is -0.492 e. The molecule has 0 radical (unpaired) electrons. The molecule has 2 aromatic rings. The van der Waals surface area contributed by atoms with E-state index in [4.69, 9.17) is 14.2 Å². The molecule has 0 amide bonds. The zero-order valence-electron chi connectivity index (χ0n) is 21.1. The van der Waals surface area contributed by atoms with Gasteiger partial charge in [-0.1, -0.05) is 56.3 Å². The standard InChI is InChI=1S/C29H39NO4/c1-5-32-28(29(31)33-6-2)21-23-11-13-25(14-12-23)34-20-19-30-17-15-24(16-18-30)27-10-8-7-9-26(27)22(3)4/h7-15,22,28H,5-6,16-21H2,1-4H3. The molecule has 0 saturated heterocycles. The molecule has 1 unspecified atom stereocenters. The average molecular weight is 466 g/mol. The van der Waals surface area contributed by atoms with Crippen molar-refractivity contribution in [3.8, 4) is 5.75 Å². The molecule has 5 nitrogen and oxygen atoms in total. The molecular weight excluding hydrogens is 426 g/mol. The number of esters is 1. The van der Waals surface area contributed by atoms with Crippen LogP contribution in [0.2, 0.25) is 0 Å². The maximum absolute atomic E-state index is 12.1. The lowest BCUT2D eigenvalue weighted by atomic mass is 9.90. The highest BCUT2D eigenvalue weighted by Gasteiger charge is 2.20. The van der Waals surface area contributed by atoms with Gasteiger partial charge in [-0.15, -0.1) is 0 Å². The first-order chi connectivity index (χ1) is 16.5. The maximum atomic E-state index is 12.1. The molecule has 2 aromatic carbocycles. The maximum Gasteiger partial charge on any atom is 0.335 e. The number of nitrogens with zero attached hydrogens (tertiary/aromatic N) is 1. The fourth-order valence-corrected chi connectivity index (χ4v) is 4.33. The average Bonchev–Trinajstić information content (AvgIpc) is 2.85. The van der Waals surface area contributed by atoms with Crippen molar-refractivity contribution in [1.82, 2.24) is 4.90 Å². The Hall–Kier alpha value is -2.63. The van der Waals surface area contributed by atoms with Gasteiger partial charge in [0, 0.05) is 32.7 Å². The summed E-state index contributed by atoms with van der Waals surface area (Å²) in [5, 5.41) is 0. The Morgan fingerprint density at radius 2 is 1.79 bits per heavy atom. The Bertz CT molecular complexity index is 935. The van der Waals surface area contributed by atoms with E-state index in [0.717, 1.165) is 37.4 Å². The van der Waals surface area contributed by atoms with Crippen LogP contribution in [0.5, 0.6) is 5.75 Å². The Morgan fingerprint density at radius 1 is 1.03 bits per heavy atom. The van der Waals surface area contributed by atoms with Crippen molar-refractivity contribution in [2.75, 3.05) is 39.5 Å². The zero-order valence-corrected chi connectivity index (χ0v) is 21.1. The molecule has 0 N–H and O–H groups in total. The number of hydrogen-bond donors (Lipinski definition) is 0. The van der Waals surface area contributed by atoms with Gasteiger partial charge in [-0.3, -0.25) is 4.90 Å². The van der Waals surface area contributed by atoms with E-state index in [9.17, 15) is 4.79 Å². The van der Waals surface area contributed by atoms with E-state index in [0.29, 0.717) is 32.2 Å². The molecule has 0 spiro atoms. The van der Waals surface area contributed by atoms with Crippen LogP contribution in [-0.4, -0.2) is 56.4 Å². The van der Waals surface area contributed by atoms with E-state index >= 15 is 0 Å². The fourth-order valence-electron chi connectivity index (χ4n) is 4.33. The molecular formula is C29H39NO4. The molecule has 0 aromatic heterocycles. The van der Waals surface area contributed by atoms with E-state index in [1.807, 2.05) is 31.2 Å². The van der Waals surface area contributed by atoms with Crippen molar-refractivity contribution in [3.05, 3.63) is 71.3 Å². The van der Waals surface area contributed by atoms with Crippen LogP contribution in [0.3, 0.4) is 0 Å². The van der Waals surface area contributed by atoms with Gasteiger partial charge in [0.05, 0.1) is 6.61 Å². The van der Waals surface area contributed by atoms with Crippen molar-refractivity contribution in [2.45, 2.75) is 52.6 Å². The van der Waals surface area contributed by atoms with E-state index in [-0.39, 0.29) is 5.97 Å². The Kier molecular flexibility index (Phi) is 10.2. The van der Waals surface area contributed by atoms with Crippen molar-refractivity contribution in [1.29, 1.82) is 0 Å². The second-order valence-electron chi connectivity index (χ2n) is 8.91. The molecule has 0 aliphatic carbocycles. The predicted octanol–water partition coefficient (Wildman–Crippen LogP) is 5.49. The third-order valence-electron chi connectivity index (χ3n) is 6.16. The summed E-state index contributed by atoms with van der Waals surface area (Å²) in [6.07, 6.45) is 3.37. The zero-order chi connectivity index (χ0) is 24.3. The minimum atomic E-state index is -0.568. The lowest BCUT2D eigenvalue weighted by Gasteiger charge is -2.27. The summed E-state index contributed by atoms with van der Waals surface area (Å²) in [6, 6.07) is 16.7. The summed E-state index contributed by atoms with van der Waals surface area (Å²) in [5.74, 6) is 1.06. The third kappa shape index (κ3) is 7.44. The van der Waals surface area contributed by atoms with Gasteiger partial charge in [0.25, 0.3) is 0 Å². The summed E-state index contributed by atoms with van der Waals surface area (Å²) < 4.78 is 16.7. The quantitative estimate of drug-likeness (QED) is 0.388. The van der Waals surface area contributed by atoms with Crippen LogP contribution in [0.15, 0.2) is 54.6 Å². The monoisotopic (exact) mass is 465 g/mol. The van der Waals surface area contributed by atoms with Crippen LogP contribution in [-0.2, 0) is 20.7 Å². The van der Waals surface area contributed by atoms with Gasteiger partial charge in [-0.2, -0.15) is 0 Å². The largest absolute Gasteiger partial charge is 0.492 e. The minimum absolute atomic E-state index is 0.309. The van der Waals surface area contributed by atoms with Crippen LogP contribution < -0.4 is 4.74 Å². The molecule has 1 aliphatic rings. The van der Waals surface area contributed by atoms with E-state index in [1.165, 1.54) is 16.7 Å². The molecule has 1 heterocycles. The van der Waals surface area contributed by atoms with Gasteiger partial charge in [0.2, 0.25) is 0 Å². The highest BCUT2D eigenvalue weighted by Crippen LogP contribution is 2.29. The number of ether oxygens (including phenoxy) is 3. The lowest BCUT2D eigenvalue weighted by molar-refractivity contribution is -0.156. The van der Waals surface area contributed by atoms with Crippen molar-refractivity contribution in [3.63, 3.8) is 0 Å². The first-order valence-electron chi connectivity index (χ1n) is 12.5. The van der Waals surface area contributed by atoms with Crippen LogP contribution in [0.4, 0.5) is 0 Å². The second-order valence-corrected chi connectivity index (χ2v) is 8.91. The molecule has 3 rings (SSSR count). The number of carbonyl (C=O) groups excluding carboxylic acids is 1. The highest BCUT2D eigenvalue weighted by atomic mass is 16.6. The molecule has 0 fully saturated rings. The van der Waals surface area contributed by atoms with Gasteiger partial charge >= 0.3 is 5.97 Å². The Morgan fingerprint density at radius 3 is 2.44 bits per heavy atom. The van der Waals surface area contributed by atoms with Crippen molar-refractivity contribution >= 4 is 11.5 Å². The fraction of sp³-hybridized carbons (Fsp3) is 0.483. The normalized spacial score (nSPS) is 15.1. The van der Waals surface area contributed by atoms with Crippen molar-refractivity contribution < 1.29 is 19.0 Å². The summed E-state index contributed by atoms with van der Waals surface area (Å²) >= 11 is 0. The SMILES string of the molecule is CCOC(=O)C(Cc1ccc(OCCN2CC=C(c3ccccc3C(C)C)CC2)cc1)OCC. The summed E-state index contributed by atoms with van der Waals surface area (Å²) in [7, 11) is 0. The van der Waals surface area contributed by atoms with Crippen LogP contribution in [0, 0.1) is 0 Å². The van der Waals surface area contributed by atoms with Crippen LogP contribution >= 0.6 is 0 Å². The first-order valence-corrected chi connectivity index (χ1v) is 12.5. The summed E-state index contributed by atoms with van der Waals surface area (Å²) in [5.41, 5.74) is 5.33. The molecule has 34 heavy (non-hydrogen) atoms. The van der Waals surface area contributed by atoms with E-state index < -0.39 is 6.10 Å². The first kappa shape index (κ1) is 26.0. The molecule has 0 bridgehead atoms. The predicted molar refractivity (Wildman–Crippen MR) is 137 cm³/mol. The third-order valence-corrected chi connectivity index (χ3v) is 6.16. The Labute approximate surface area is 204 Å². The van der Waals surface area contributed by atoms with Gasteiger partial charge in [-0.25, -0.2) is 4.79 Å². The Balaban J connectivity index is 1.46. The number of carbonyl (C=O) groups is 1. The molecule has 184 valence electrons.